The van der Waals surface area contributed by atoms with Gasteiger partial charge < -0.3 is 15.2 Å². The van der Waals surface area contributed by atoms with Crippen molar-refractivity contribution >= 4 is 40.6 Å². The van der Waals surface area contributed by atoms with Gasteiger partial charge in [0.05, 0.1) is 16.7 Å². The van der Waals surface area contributed by atoms with Crippen LogP contribution in [-0.2, 0) is 0 Å². The van der Waals surface area contributed by atoms with Crippen molar-refractivity contribution in [3.8, 4) is 0 Å². The van der Waals surface area contributed by atoms with E-state index in [0.717, 1.165) is 6.07 Å². The topological polar surface area (TPSA) is 99.1 Å². The van der Waals surface area contributed by atoms with Gasteiger partial charge in [-0.15, -0.1) is 12.4 Å². The van der Waals surface area contributed by atoms with Gasteiger partial charge in [0.2, 0.25) is 5.78 Å². The number of Topliss-reactive ketones (excluding diaryl/α,β-unsaturated/α-hetero) is 1. The summed E-state index contributed by atoms with van der Waals surface area (Å²) in [7, 11) is 0. The summed E-state index contributed by atoms with van der Waals surface area (Å²) in [5.74, 6) is -1.38. The molecule has 0 bridgehead atoms. The SMILES string of the molecule is Cl.O=C(C(=C(O)c1cccc(C(O)c2ccccn2)c1)c1nc2ccccc2[nH]1)c1cccc(F)c1. The fourth-order valence-corrected chi connectivity index (χ4v) is 3.88. The number of imidazole rings is 1. The van der Waals surface area contributed by atoms with E-state index in [9.17, 15) is 19.4 Å². The number of fused-ring (bicyclic) bond motifs is 1. The maximum atomic E-state index is 13.9. The molecule has 36 heavy (non-hydrogen) atoms. The lowest BCUT2D eigenvalue weighted by atomic mass is 9.96. The summed E-state index contributed by atoms with van der Waals surface area (Å²) < 4.78 is 13.9. The number of aromatic nitrogens is 3. The third-order valence-corrected chi connectivity index (χ3v) is 5.62. The summed E-state index contributed by atoms with van der Waals surface area (Å²) in [6, 6.07) is 24.2. The Morgan fingerprint density at radius 2 is 1.64 bits per heavy atom. The quantitative estimate of drug-likeness (QED) is 0.153. The van der Waals surface area contributed by atoms with Crippen molar-refractivity contribution in [3.63, 3.8) is 0 Å². The number of para-hydroxylation sites is 2. The first-order valence-electron chi connectivity index (χ1n) is 10.9. The summed E-state index contributed by atoms with van der Waals surface area (Å²) in [5, 5.41) is 22.1. The van der Waals surface area contributed by atoms with Gasteiger partial charge in [0.15, 0.2) is 0 Å². The molecule has 0 aliphatic carbocycles. The molecule has 0 aliphatic rings. The highest BCUT2D eigenvalue weighted by molar-refractivity contribution is 6.33. The van der Waals surface area contributed by atoms with Crippen LogP contribution in [0.15, 0.2) is 97.2 Å². The monoisotopic (exact) mass is 501 g/mol. The van der Waals surface area contributed by atoms with Crippen molar-refractivity contribution in [2.75, 3.05) is 0 Å². The van der Waals surface area contributed by atoms with Crippen LogP contribution in [0.3, 0.4) is 0 Å². The van der Waals surface area contributed by atoms with Crippen molar-refractivity contribution in [2.24, 2.45) is 0 Å². The average molecular weight is 502 g/mol. The minimum atomic E-state index is -1.03. The molecule has 5 rings (SSSR count). The Hall–Kier alpha value is -4.33. The fraction of sp³-hybridized carbons (Fsp3) is 0.0357. The minimum Gasteiger partial charge on any atom is -0.506 e. The number of pyridine rings is 1. The molecule has 0 spiro atoms. The number of halogens is 2. The predicted molar refractivity (Wildman–Crippen MR) is 138 cm³/mol. The molecule has 3 aromatic carbocycles. The second kappa shape index (κ2) is 10.5. The molecule has 1 atom stereocenters. The van der Waals surface area contributed by atoms with E-state index < -0.39 is 17.7 Å². The molecule has 0 radical (unpaired) electrons. The van der Waals surface area contributed by atoms with E-state index in [4.69, 9.17) is 0 Å². The molecule has 6 nitrogen and oxygen atoms in total. The zero-order chi connectivity index (χ0) is 24.4. The molecule has 180 valence electrons. The van der Waals surface area contributed by atoms with E-state index in [1.54, 1.807) is 60.8 Å². The number of hydrogen-bond acceptors (Lipinski definition) is 5. The fourth-order valence-electron chi connectivity index (χ4n) is 3.88. The number of aliphatic hydroxyl groups is 2. The van der Waals surface area contributed by atoms with Crippen molar-refractivity contribution < 1.29 is 19.4 Å². The second-order valence-electron chi connectivity index (χ2n) is 7.95. The number of benzene rings is 3. The van der Waals surface area contributed by atoms with E-state index in [-0.39, 0.29) is 40.7 Å². The minimum absolute atomic E-state index is 0. The molecule has 0 fully saturated rings. The lowest BCUT2D eigenvalue weighted by Crippen LogP contribution is -2.08. The van der Waals surface area contributed by atoms with E-state index in [2.05, 4.69) is 15.0 Å². The van der Waals surface area contributed by atoms with Crippen LogP contribution in [0.4, 0.5) is 4.39 Å². The Kier molecular flexibility index (Phi) is 7.24. The van der Waals surface area contributed by atoms with E-state index in [0.29, 0.717) is 22.3 Å². The molecule has 0 amide bonds. The standard InChI is InChI=1S/C28H20FN3O3.ClH/c29-20-10-6-9-19(16-20)27(35)24(28-31-21-11-1-2-12-22(21)32-28)26(34)18-8-5-7-17(15-18)25(33)23-13-3-4-14-30-23;/h1-16,25,33-34H,(H,31,32);1H. The van der Waals surface area contributed by atoms with Gasteiger partial charge in [-0.3, -0.25) is 9.78 Å². The van der Waals surface area contributed by atoms with Crippen molar-refractivity contribution in [2.45, 2.75) is 6.10 Å². The molecule has 0 aliphatic heterocycles. The van der Waals surface area contributed by atoms with Crippen LogP contribution in [0.5, 0.6) is 0 Å². The Balaban J connectivity index is 0.00000304. The molecule has 1 unspecified atom stereocenters. The van der Waals surface area contributed by atoms with Crippen LogP contribution in [-0.4, -0.2) is 30.9 Å². The van der Waals surface area contributed by atoms with Gasteiger partial charge in [-0.05, 0) is 48.0 Å². The number of allylic oxidation sites excluding steroid dienone is 1. The van der Waals surface area contributed by atoms with Gasteiger partial charge in [-0.25, -0.2) is 9.37 Å². The van der Waals surface area contributed by atoms with Crippen molar-refractivity contribution in [3.05, 3.63) is 131 Å². The number of H-pyrrole nitrogens is 1. The molecular weight excluding hydrogens is 481 g/mol. The molecule has 5 aromatic rings. The summed E-state index contributed by atoms with van der Waals surface area (Å²) >= 11 is 0. The van der Waals surface area contributed by atoms with Crippen molar-refractivity contribution in [1.82, 2.24) is 15.0 Å². The molecule has 8 heteroatoms. The van der Waals surface area contributed by atoms with Crippen LogP contribution < -0.4 is 0 Å². The highest BCUT2D eigenvalue weighted by Gasteiger charge is 2.24. The molecule has 0 saturated heterocycles. The number of aliphatic hydroxyl groups excluding tert-OH is 2. The maximum absolute atomic E-state index is 13.9. The maximum Gasteiger partial charge on any atom is 0.200 e. The second-order valence-corrected chi connectivity index (χ2v) is 7.95. The number of hydrogen-bond donors (Lipinski definition) is 3. The highest BCUT2D eigenvalue weighted by atomic mass is 35.5. The third-order valence-electron chi connectivity index (χ3n) is 5.62. The van der Waals surface area contributed by atoms with Crippen LogP contribution in [0, 0.1) is 5.82 Å². The lowest BCUT2D eigenvalue weighted by Gasteiger charge is -2.13. The normalized spacial score (nSPS) is 12.5. The zero-order valence-corrected chi connectivity index (χ0v) is 19.6. The first-order chi connectivity index (χ1) is 17.0. The van der Waals surface area contributed by atoms with Crippen LogP contribution >= 0.6 is 12.4 Å². The van der Waals surface area contributed by atoms with Crippen LogP contribution in [0.25, 0.3) is 22.4 Å². The average Bonchev–Trinajstić information content (AvgIpc) is 3.32. The lowest BCUT2D eigenvalue weighted by molar-refractivity contribution is 0.105. The van der Waals surface area contributed by atoms with Gasteiger partial charge in [0, 0.05) is 17.3 Å². The van der Waals surface area contributed by atoms with Gasteiger partial charge in [-0.1, -0.05) is 48.5 Å². The molecule has 0 saturated carbocycles. The smallest absolute Gasteiger partial charge is 0.200 e. The Bertz CT molecular complexity index is 1530. The summed E-state index contributed by atoms with van der Waals surface area (Å²) in [5.41, 5.74) is 2.46. The number of carbonyl (C=O) groups is 1. The van der Waals surface area contributed by atoms with Gasteiger partial charge in [0.1, 0.15) is 29.1 Å². The summed E-state index contributed by atoms with van der Waals surface area (Å²) in [6.45, 7) is 0. The molecule has 2 aromatic heterocycles. The number of nitrogens with one attached hydrogen (secondary N) is 1. The zero-order valence-electron chi connectivity index (χ0n) is 18.8. The summed E-state index contributed by atoms with van der Waals surface area (Å²) in [6.07, 6.45) is 0.550. The largest absolute Gasteiger partial charge is 0.506 e. The van der Waals surface area contributed by atoms with Gasteiger partial charge in [0.25, 0.3) is 0 Å². The third kappa shape index (κ3) is 4.88. The molecule has 2 heterocycles. The highest BCUT2D eigenvalue weighted by Crippen LogP contribution is 2.30. The van der Waals surface area contributed by atoms with Crippen molar-refractivity contribution in [1.29, 1.82) is 0 Å². The Morgan fingerprint density at radius 1 is 0.889 bits per heavy atom. The van der Waals surface area contributed by atoms with E-state index in [1.807, 2.05) is 12.1 Å². The first kappa shape index (κ1) is 24.8. The number of rotatable bonds is 6. The van der Waals surface area contributed by atoms with Crippen LogP contribution in [0.1, 0.15) is 39.1 Å². The van der Waals surface area contributed by atoms with Gasteiger partial charge >= 0.3 is 0 Å². The van der Waals surface area contributed by atoms with Gasteiger partial charge in [-0.2, -0.15) is 0 Å². The summed E-state index contributed by atoms with van der Waals surface area (Å²) in [4.78, 5) is 25.3. The number of carbonyl (C=O) groups excluding carboxylic acids is 1. The Labute approximate surface area is 212 Å². The molecule has 3 N–H and O–H groups in total. The number of nitrogens with zero attached hydrogens (tertiary/aromatic N) is 2. The predicted octanol–water partition coefficient (Wildman–Crippen LogP) is 5.91. The Morgan fingerprint density at radius 3 is 2.39 bits per heavy atom. The van der Waals surface area contributed by atoms with Crippen LogP contribution in [0.2, 0.25) is 0 Å². The number of aromatic amines is 1. The number of ketones is 1. The van der Waals surface area contributed by atoms with E-state index in [1.165, 1.54) is 18.2 Å². The first-order valence-corrected chi connectivity index (χ1v) is 10.9. The van der Waals surface area contributed by atoms with E-state index >= 15 is 0 Å². The molecular formula is C28H21ClFN3O3.